The van der Waals surface area contributed by atoms with Crippen LogP contribution in [0.3, 0.4) is 0 Å². The molecule has 198 valence electrons. The number of halogens is 3. The Morgan fingerprint density at radius 1 is 1.15 bits per heavy atom. The molecule has 1 heterocycles. The Kier molecular flexibility index (Phi) is 9.20. The fourth-order valence-corrected chi connectivity index (χ4v) is 5.11. The number of carbonyl (C=O) groups excluding carboxylic acids is 3. The van der Waals surface area contributed by atoms with Gasteiger partial charge in [-0.05, 0) is 75.7 Å². The molecule has 1 aliphatic rings. The molecule has 3 aromatic carbocycles. The number of methoxy groups -OCH3 is 1. The smallest absolute Gasteiger partial charge is 0.294 e. The van der Waals surface area contributed by atoms with Gasteiger partial charge in [-0.2, -0.15) is 5.26 Å². The number of hydrogen-bond acceptors (Lipinski definition) is 7. The molecule has 0 bridgehead atoms. The maximum Gasteiger partial charge on any atom is 0.294 e. The van der Waals surface area contributed by atoms with E-state index < -0.39 is 23.6 Å². The first-order valence-corrected chi connectivity index (χ1v) is 13.5. The predicted molar refractivity (Wildman–Crippen MR) is 154 cm³/mol. The van der Waals surface area contributed by atoms with E-state index in [1.807, 2.05) is 0 Å². The molecule has 0 unspecified atom stereocenters. The molecule has 0 aromatic heterocycles. The van der Waals surface area contributed by atoms with E-state index in [-0.39, 0.29) is 22.3 Å². The number of ether oxygens (including phenoxy) is 2. The quantitative estimate of drug-likeness (QED) is 0.266. The molecular weight excluding hydrogens is 629 g/mol. The normalized spacial score (nSPS) is 13.9. The van der Waals surface area contributed by atoms with E-state index in [9.17, 15) is 19.6 Å². The number of imide groups is 1. The molecule has 0 atom stereocenters. The first-order chi connectivity index (χ1) is 18.7. The zero-order valence-electron chi connectivity index (χ0n) is 20.2. The predicted octanol–water partition coefficient (Wildman–Crippen LogP) is 6.89. The summed E-state index contributed by atoms with van der Waals surface area (Å²) in [6, 6.07) is 17.2. The molecule has 4 rings (SSSR count). The third-order valence-electron chi connectivity index (χ3n) is 5.44. The second-order valence-corrected chi connectivity index (χ2v) is 10.7. The van der Waals surface area contributed by atoms with Gasteiger partial charge in [-0.3, -0.25) is 19.3 Å². The van der Waals surface area contributed by atoms with Crippen molar-refractivity contribution < 1.29 is 23.9 Å². The van der Waals surface area contributed by atoms with Crippen molar-refractivity contribution in [2.45, 2.75) is 6.61 Å². The van der Waals surface area contributed by atoms with Crippen molar-refractivity contribution in [3.8, 4) is 17.6 Å². The molecule has 1 fully saturated rings. The Morgan fingerprint density at radius 2 is 1.92 bits per heavy atom. The summed E-state index contributed by atoms with van der Waals surface area (Å²) >= 11 is 16.5. The van der Waals surface area contributed by atoms with E-state index in [1.165, 1.54) is 13.2 Å². The molecule has 0 aliphatic carbocycles. The van der Waals surface area contributed by atoms with Crippen LogP contribution in [0, 0.1) is 11.3 Å². The van der Waals surface area contributed by atoms with Gasteiger partial charge in [-0.1, -0.05) is 41.4 Å². The summed E-state index contributed by atoms with van der Waals surface area (Å²) in [5.74, 6) is -0.601. The Hall–Kier alpha value is -3.49. The van der Waals surface area contributed by atoms with Crippen LogP contribution in [0.5, 0.6) is 11.5 Å². The van der Waals surface area contributed by atoms with Gasteiger partial charge in [-0.15, -0.1) is 0 Å². The second-order valence-electron chi connectivity index (χ2n) is 8.04. The summed E-state index contributed by atoms with van der Waals surface area (Å²) in [6.45, 7) is -0.372. The average molecular weight is 647 g/mol. The Labute approximate surface area is 246 Å². The summed E-state index contributed by atoms with van der Waals surface area (Å²) in [6.07, 6.45) is 1.49. The molecular formula is C27H18BrCl2N3O5S. The molecule has 39 heavy (non-hydrogen) atoms. The number of nitrogens with one attached hydrogen (secondary N) is 1. The van der Waals surface area contributed by atoms with Crippen molar-refractivity contribution in [3.63, 3.8) is 0 Å². The van der Waals surface area contributed by atoms with Crippen molar-refractivity contribution in [1.29, 1.82) is 5.26 Å². The highest BCUT2D eigenvalue weighted by atomic mass is 79.9. The minimum atomic E-state index is -0.613. The number of carbonyl (C=O) groups is 3. The van der Waals surface area contributed by atoms with Crippen molar-refractivity contribution in [2.75, 3.05) is 19.0 Å². The molecule has 3 amide bonds. The maximum atomic E-state index is 12.9. The molecule has 12 heteroatoms. The number of anilines is 1. The fourth-order valence-electron chi connectivity index (χ4n) is 3.57. The highest BCUT2D eigenvalue weighted by Crippen LogP contribution is 2.39. The van der Waals surface area contributed by atoms with Gasteiger partial charge in [0.05, 0.1) is 33.7 Å². The minimum Gasteiger partial charge on any atom is -0.493 e. The zero-order valence-corrected chi connectivity index (χ0v) is 24.1. The molecule has 0 saturated carbocycles. The first-order valence-electron chi connectivity index (χ1n) is 11.2. The van der Waals surface area contributed by atoms with E-state index in [0.717, 1.165) is 4.90 Å². The average Bonchev–Trinajstić information content (AvgIpc) is 3.17. The van der Waals surface area contributed by atoms with Crippen LogP contribution in [-0.2, 0) is 16.2 Å². The number of thioether (sulfide) groups is 1. The van der Waals surface area contributed by atoms with E-state index in [0.29, 0.717) is 49.4 Å². The summed E-state index contributed by atoms with van der Waals surface area (Å²) in [5.41, 5.74) is 2.08. The summed E-state index contributed by atoms with van der Waals surface area (Å²) in [5, 5.41) is 11.9. The lowest BCUT2D eigenvalue weighted by Gasteiger charge is -2.14. The van der Waals surface area contributed by atoms with Crippen LogP contribution in [0.4, 0.5) is 10.5 Å². The van der Waals surface area contributed by atoms with Gasteiger partial charge in [0.25, 0.3) is 11.1 Å². The van der Waals surface area contributed by atoms with Gasteiger partial charge >= 0.3 is 0 Å². The lowest BCUT2D eigenvalue weighted by atomic mass is 10.1. The van der Waals surface area contributed by atoms with Gasteiger partial charge in [0.1, 0.15) is 13.2 Å². The lowest BCUT2D eigenvalue weighted by Crippen LogP contribution is -2.36. The van der Waals surface area contributed by atoms with Gasteiger partial charge in [0.2, 0.25) is 5.91 Å². The van der Waals surface area contributed by atoms with Gasteiger partial charge in [-0.25, -0.2) is 0 Å². The monoisotopic (exact) mass is 645 g/mol. The second kappa shape index (κ2) is 12.6. The van der Waals surface area contributed by atoms with E-state index in [4.69, 9.17) is 32.7 Å². The number of nitrogens with zero attached hydrogens (tertiary/aromatic N) is 2. The van der Waals surface area contributed by atoms with Crippen LogP contribution in [-0.4, -0.2) is 35.6 Å². The molecule has 3 aromatic rings. The summed E-state index contributed by atoms with van der Waals surface area (Å²) in [4.78, 5) is 38.9. The summed E-state index contributed by atoms with van der Waals surface area (Å²) < 4.78 is 12.0. The Morgan fingerprint density at radius 3 is 2.64 bits per heavy atom. The number of amides is 3. The van der Waals surface area contributed by atoms with Crippen molar-refractivity contribution in [2.24, 2.45) is 0 Å². The molecule has 0 spiro atoms. The lowest BCUT2D eigenvalue weighted by molar-refractivity contribution is -0.127. The van der Waals surface area contributed by atoms with Crippen LogP contribution in [0.15, 0.2) is 64.0 Å². The van der Waals surface area contributed by atoms with E-state index in [1.54, 1.807) is 54.6 Å². The van der Waals surface area contributed by atoms with Crippen LogP contribution in [0.2, 0.25) is 10.0 Å². The largest absolute Gasteiger partial charge is 0.493 e. The highest BCUT2D eigenvalue weighted by molar-refractivity contribution is 9.10. The third-order valence-corrected chi connectivity index (χ3v) is 7.86. The first kappa shape index (κ1) is 28.5. The Balaban J connectivity index is 1.48. The summed E-state index contributed by atoms with van der Waals surface area (Å²) in [7, 11) is 1.44. The minimum absolute atomic E-state index is 0.0899. The standard InChI is InChI=1S/C27H18BrCl2N3O5S/c1-37-22-9-15(8-21(30)25(22)38-14-17-5-3-2-4-16(17)12-31)10-23-26(35)33(27(36)39-23)13-24(34)32-18-6-7-19(28)20(29)11-18/h2-11H,13-14H2,1H3,(H,32,34)/b23-10-. The number of hydrogen-bond donors (Lipinski definition) is 1. The molecule has 1 aliphatic heterocycles. The zero-order chi connectivity index (χ0) is 28.1. The van der Waals surface area contributed by atoms with Crippen LogP contribution >= 0.6 is 50.9 Å². The maximum absolute atomic E-state index is 12.9. The van der Waals surface area contributed by atoms with Crippen LogP contribution < -0.4 is 14.8 Å². The Bertz CT molecular complexity index is 1560. The fraction of sp³-hybridized carbons (Fsp3) is 0.111. The van der Waals surface area contributed by atoms with Crippen LogP contribution in [0.1, 0.15) is 16.7 Å². The highest BCUT2D eigenvalue weighted by Gasteiger charge is 2.36. The van der Waals surface area contributed by atoms with Gasteiger partial charge in [0, 0.05) is 15.7 Å². The molecule has 8 nitrogen and oxygen atoms in total. The topological polar surface area (TPSA) is 109 Å². The molecule has 1 N–H and O–H groups in total. The third kappa shape index (κ3) is 6.75. The molecule has 0 radical (unpaired) electrons. The van der Waals surface area contributed by atoms with E-state index in [2.05, 4.69) is 27.3 Å². The van der Waals surface area contributed by atoms with E-state index >= 15 is 0 Å². The number of benzene rings is 3. The van der Waals surface area contributed by atoms with Gasteiger partial charge in [0.15, 0.2) is 11.5 Å². The SMILES string of the molecule is COc1cc(/C=C2\SC(=O)N(CC(=O)Nc3ccc(Br)c(Cl)c3)C2=O)cc(Cl)c1OCc1ccccc1C#N. The molecule has 1 saturated heterocycles. The number of rotatable bonds is 8. The van der Waals surface area contributed by atoms with Crippen molar-refractivity contribution >= 4 is 79.7 Å². The van der Waals surface area contributed by atoms with Crippen molar-refractivity contribution in [3.05, 3.63) is 90.7 Å². The van der Waals surface area contributed by atoms with Crippen LogP contribution in [0.25, 0.3) is 6.08 Å². The number of nitriles is 1. The van der Waals surface area contributed by atoms with Gasteiger partial charge < -0.3 is 14.8 Å². The van der Waals surface area contributed by atoms with Crippen molar-refractivity contribution in [1.82, 2.24) is 4.90 Å².